The van der Waals surface area contributed by atoms with Crippen LogP contribution in [0.1, 0.15) is 26.2 Å². The van der Waals surface area contributed by atoms with Gasteiger partial charge in [0.05, 0.1) is 5.75 Å². The zero-order chi connectivity index (χ0) is 13.8. The maximum atomic E-state index is 12.1. The van der Waals surface area contributed by atoms with E-state index in [0.29, 0.717) is 17.0 Å². The van der Waals surface area contributed by atoms with Crippen LogP contribution < -0.4 is 11.5 Å². The number of carbonyl (C=O) groups is 1. The van der Waals surface area contributed by atoms with Gasteiger partial charge in [0.15, 0.2) is 5.16 Å². The topological polar surface area (TPSA) is 111 Å². The minimum absolute atomic E-state index is 0.0776. The second-order valence-electron chi connectivity index (χ2n) is 4.55. The number of piperidine rings is 1. The van der Waals surface area contributed by atoms with Crippen LogP contribution in [0.15, 0.2) is 5.16 Å². The number of hydrogen-bond acceptors (Lipinski definition) is 7. The van der Waals surface area contributed by atoms with Crippen molar-refractivity contribution < 1.29 is 4.79 Å². The van der Waals surface area contributed by atoms with E-state index in [1.807, 2.05) is 4.90 Å². The minimum Gasteiger partial charge on any atom is -0.368 e. The summed E-state index contributed by atoms with van der Waals surface area (Å²) in [5, 5.41) is 0.392. The van der Waals surface area contributed by atoms with Gasteiger partial charge < -0.3 is 16.4 Å². The van der Waals surface area contributed by atoms with E-state index in [2.05, 4.69) is 21.9 Å². The summed E-state index contributed by atoms with van der Waals surface area (Å²) in [7, 11) is 0. The van der Waals surface area contributed by atoms with E-state index >= 15 is 0 Å². The quantitative estimate of drug-likeness (QED) is 0.778. The summed E-state index contributed by atoms with van der Waals surface area (Å²) in [6, 6.07) is 0.315. The SMILES string of the molecule is C[C@@H]1CCCCN1C(=O)CSc1nc(N)nc(N)n1. The molecule has 1 atom stereocenters. The lowest BCUT2D eigenvalue weighted by Gasteiger charge is -2.33. The molecule has 4 N–H and O–H groups in total. The molecule has 0 radical (unpaired) electrons. The van der Waals surface area contributed by atoms with E-state index in [-0.39, 0.29) is 17.8 Å². The predicted molar refractivity (Wildman–Crippen MR) is 74.4 cm³/mol. The fourth-order valence-electron chi connectivity index (χ4n) is 2.13. The Kier molecular flexibility index (Phi) is 4.41. The normalized spacial score (nSPS) is 19.4. The first-order chi connectivity index (χ1) is 9.06. The Morgan fingerprint density at radius 3 is 2.63 bits per heavy atom. The van der Waals surface area contributed by atoms with E-state index < -0.39 is 0 Å². The van der Waals surface area contributed by atoms with Crippen LogP contribution in [-0.4, -0.2) is 44.1 Å². The molecule has 7 nitrogen and oxygen atoms in total. The van der Waals surface area contributed by atoms with Crippen molar-refractivity contribution in [3.05, 3.63) is 0 Å². The number of amides is 1. The van der Waals surface area contributed by atoms with E-state index in [4.69, 9.17) is 11.5 Å². The van der Waals surface area contributed by atoms with Crippen molar-refractivity contribution in [2.75, 3.05) is 23.8 Å². The predicted octanol–water partition coefficient (Wildman–Crippen LogP) is 0.529. The van der Waals surface area contributed by atoms with Crippen LogP contribution in [0.25, 0.3) is 0 Å². The Bertz CT molecular complexity index is 448. The van der Waals surface area contributed by atoms with Gasteiger partial charge in [-0.25, -0.2) is 0 Å². The molecule has 1 aromatic rings. The first kappa shape index (κ1) is 13.9. The molecule has 0 aliphatic carbocycles. The smallest absolute Gasteiger partial charge is 0.233 e. The molecule has 2 rings (SSSR count). The number of likely N-dealkylation sites (tertiary alicyclic amines) is 1. The van der Waals surface area contributed by atoms with E-state index in [9.17, 15) is 4.79 Å². The number of thioether (sulfide) groups is 1. The van der Waals surface area contributed by atoms with Crippen molar-refractivity contribution in [3.8, 4) is 0 Å². The van der Waals surface area contributed by atoms with Crippen LogP contribution in [0.3, 0.4) is 0 Å². The average Bonchev–Trinajstić information content (AvgIpc) is 2.35. The highest BCUT2D eigenvalue weighted by Gasteiger charge is 2.23. The molecule has 1 amide bonds. The molecular formula is C11H18N6OS. The molecule has 0 aromatic carbocycles. The molecule has 1 aliphatic heterocycles. The van der Waals surface area contributed by atoms with Crippen LogP contribution >= 0.6 is 11.8 Å². The van der Waals surface area contributed by atoms with Crippen LogP contribution in [0.2, 0.25) is 0 Å². The molecular weight excluding hydrogens is 264 g/mol. The Balaban J connectivity index is 1.92. The minimum atomic E-state index is 0.0776. The fraction of sp³-hybridized carbons (Fsp3) is 0.636. The van der Waals surface area contributed by atoms with Gasteiger partial charge >= 0.3 is 0 Å². The maximum absolute atomic E-state index is 12.1. The third kappa shape index (κ3) is 3.69. The van der Waals surface area contributed by atoms with Crippen molar-refractivity contribution in [1.82, 2.24) is 19.9 Å². The average molecular weight is 282 g/mol. The molecule has 8 heteroatoms. The number of carbonyl (C=O) groups excluding carboxylic acids is 1. The van der Waals surface area contributed by atoms with Gasteiger partial charge in [0.1, 0.15) is 0 Å². The number of rotatable bonds is 3. The summed E-state index contributed by atoms with van der Waals surface area (Å²) >= 11 is 1.24. The molecule has 2 heterocycles. The highest BCUT2D eigenvalue weighted by atomic mass is 32.2. The van der Waals surface area contributed by atoms with Crippen molar-refractivity contribution in [3.63, 3.8) is 0 Å². The van der Waals surface area contributed by atoms with Crippen LogP contribution in [0.4, 0.5) is 11.9 Å². The van der Waals surface area contributed by atoms with Gasteiger partial charge in [0.2, 0.25) is 17.8 Å². The lowest BCUT2D eigenvalue weighted by atomic mass is 10.0. The molecule has 1 aromatic heterocycles. The Morgan fingerprint density at radius 2 is 2.00 bits per heavy atom. The van der Waals surface area contributed by atoms with Crippen molar-refractivity contribution in [2.24, 2.45) is 0 Å². The molecule has 104 valence electrons. The third-order valence-corrected chi connectivity index (χ3v) is 3.93. The Morgan fingerprint density at radius 1 is 1.32 bits per heavy atom. The molecule has 0 unspecified atom stereocenters. The monoisotopic (exact) mass is 282 g/mol. The van der Waals surface area contributed by atoms with Crippen molar-refractivity contribution in [1.29, 1.82) is 0 Å². The van der Waals surface area contributed by atoms with Crippen LogP contribution in [0.5, 0.6) is 0 Å². The molecule has 1 saturated heterocycles. The lowest BCUT2D eigenvalue weighted by molar-refractivity contribution is -0.131. The highest BCUT2D eigenvalue weighted by molar-refractivity contribution is 7.99. The third-order valence-electron chi connectivity index (χ3n) is 3.10. The van der Waals surface area contributed by atoms with Gasteiger partial charge in [-0.3, -0.25) is 4.79 Å². The number of nitrogens with two attached hydrogens (primary N) is 2. The summed E-state index contributed by atoms with van der Waals surface area (Å²) < 4.78 is 0. The Hall–Kier alpha value is -1.57. The summed E-state index contributed by atoms with van der Waals surface area (Å²) in [5.74, 6) is 0.560. The highest BCUT2D eigenvalue weighted by Crippen LogP contribution is 2.20. The van der Waals surface area contributed by atoms with Crippen molar-refractivity contribution in [2.45, 2.75) is 37.4 Å². The van der Waals surface area contributed by atoms with Gasteiger partial charge in [0.25, 0.3) is 0 Å². The zero-order valence-electron chi connectivity index (χ0n) is 10.9. The summed E-state index contributed by atoms with van der Waals surface area (Å²) in [6.07, 6.45) is 3.34. The number of aromatic nitrogens is 3. The number of nitrogen functional groups attached to an aromatic ring is 2. The number of anilines is 2. The van der Waals surface area contributed by atoms with E-state index in [1.165, 1.54) is 18.2 Å². The van der Waals surface area contributed by atoms with E-state index in [1.54, 1.807) is 0 Å². The van der Waals surface area contributed by atoms with Gasteiger partial charge in [-0.2, -0.15) is 15.0 Å². The molecule has 0 bridgehead atoms. The van der Waals surface area contributed by atoms with Gasteiger partial charge in [-0.05, 0) is 26.2 Å². The molecule has 0 saturated carbocycles. The van der Waals surface area contributed by atoms with Gasteiger partial charge in [-0.15, -0.1) is 0 Å². The molecule has 1 fully saturated rings. The first-order valence-electron chi connectivity index (χ1n) is 6.25. The second kappa shape index (κ2) is 6.05. The van der Waals surface area contributed by atoms with Crippen LogP contribution in [-0.2, 0) is 4.79 Å². The first-order valence-corrected chi connectivity index (χ1v) is 7.24. The molecule has 0 spiro atoms. The lowest BCUT2D eigenvalue weighted by Crippen LogP contribution is -2.42. The zero-order valence-corrected chi connectivity index (χ0v) is 11.7. The van der Waals surface area contributed by atoms with Crippen molar-refractivity contribution >= 4 is 29.6 Å². The fourth-order valence-corrected chi connectivity index (χ4v) is 2.87. The second-order valence-corrected chi connectivity index (χ2v) is 5.50. The van der Waals surface area contributed by atoms with Gasteiger partial charge in [-0.1, -0.05) is 11.8 Å². The largest absolute Gasteiger partial charge is 0.368 e. The maximum Gasteiger partial charge on any atom is 0.233 e. The van der Waals surface area contributed by atoms with E-state index in [0.717, 1.165) is 19.4 Å². The number of nitrogens with zero attached hydrogens (tertiary/aromatic N) is 4. The Labute approximate surface area is 116 Å². The summed E-state index contributed by atoms with van der Waals surface area (Å²) in [6.45, 7) is 2.92. The van der Waals surface area contributed by atoms with Crippen LogP contribution in [0, 0.1) is 0 Å². The summed E-state index contributed by atoms with van der Waals surface area (Å²) in [5.41, 5.74) is 11.0. The molecule has 19 heavy (non-hydrogen) atoms. The van der Waals surface area contributed by atoms with Gasteiger partial charge in [0, 0.05) is 12.6 Å². The summed E-state index contributed by atoms with van der Waals surface area (Å²) in [4.78, 5) is 25.6. The standard InChI is InChI=1S/C11H18N6OS/c1-7-4-2-3-5-17(7)8(18)6-19-11-15-9(12)14-10(13)16-11/h7H,2-6H2,1H3,(H4,12,13,14,15,16)/t7-/m1/s1. The molecule has 1 aliphatic rings. The number of hydrogen-bond donors (Lipinski definition) is 2.